The maximum Gasteiger partial charge on any atom is 0.226 e. The van der Waals surface area contributed by atoms with Crippen LogP contribution in [0.5, 0.6) is 0 Å². The molecule has 0 radical (unpaired) electrons. The van der Waals surface area contributed by atoms with Gasteiger partial charge in [-0.2, -0.15) is 5.10 Å². The number of fused-ring (bicyclic) bond motifs is 1. The van der Waals surface area contributed by atoms with Crippen molar-refractivity contribution in [3.8, 4) is 0 Å². The van der Waals surface area contributed by atoms with Gasteiger partial charge in [0, 0.05) is 17.9 Å². The van der Waals surface area contributed by atoms with Gasteiger partial charge in [-0.05, 0) is 23.5 Å². The zero-order valence-corrected chi connectivity index (χ0v) is 11.8. The molecule has 1 aromatic heterocycles. The molecule has 0 spiro atoms. The second-order valence-electron chi connectivity index (χ2n) is 5.84. The Labute approximate surface area is 118 Å². The second kappa shape index (κ2) is 5.12. The van der Waals surface area contributed by atoms with E-state index in [-0.39, 0.29) is 11.8 Å². The number of aromatic amines is 1. The molecule has 1 amide bonds. The summed E-state index contributed by atoms with van der Waals surface area (Å²) < 4.78 is 0. The highest BCUT2D eigenvalue weighted by Gasteiger charge is 2.27. The number of H-pyrrole nitrogens is 1. The number of carbonyl (C=O) groups excluding carboxylic acids is 1. The Bertz CT molecular complexity index is 613. The Kier molecular flexibility index (Phi) is 3.30. The Morgan fingerprint density at radius 1 is 1.30 bits per heavy atom. The molecule has 20 heavy (non-hydrogen) atoms. The summed E-state index contributed by atoms with van der Waals surface area (Å²) in [5.41, 5.74) is 3.59. The maximum atomic E-state index is 11.8. The van der Waals surface area contributed by atoms with E-state index in [1.165, 1.54) is 11.1 Å². The molecular weight excluding hydrogens is 250 g/mol. The first kappa shape index (κ1) is 12.9. The highest BCUT2D eigenvalue weighted by molar-refractivity contribution is 5.94. The van der Waals surface area contributed by atoms with Crippen LogP contribution in [0.1, 0.15) is 42.9 Å². The molecule has 104 valence electrons. The first-order valence-electron chi connectivity index (χ1n) is 7.05. The van der Waals surface area contributed by atoms with Crippen LogP contribution >= 0.6 is 0 Å². The Morgan fingerprint density at radius 3 is 2.75 bits per heavy atom. The molecule has 2 N–H and O–H groups in total. The molecule has 4 nitrogen and oxygen atoms in total. The average molecular weight is 269 g/mol. The number of rotatable bonds is 3. The lowest BCUT2D eigenvalue weighted by molar-refractivity contribution is -0.116. The largest absolute Gasteiger partial charge is 0.311 e. The van der Waals surface area contributed by atoms with E-state index in [2.05, 4.69) is 53.6 Å². The van der Waals surface area contributed by atoms with E-state index in [0.29, 0.717) is 12.3 Å². The van der Waals surface area contributed by atoms with E-state index in [9.17, 15) is 4.79 Å². The summed E-state index contributed by atoms with van der Waals surface area (Å²) in [6.45, 7) is 4.44. The Morgan fingerprint density at radius 2 is 2.05 bits per heavy atom. The predicted octanol–water partition coefficient (Wildman–Crippen LogP) is 3.08. The number of nitrogens with zero attached hydrogens (tertiary/aromatic N) is 1. The van der Waals surface area contributed by atoms with E-state index < -0.39 is 0 Å². The Balaban J connectivity index is 1.88. The Hall–Kier alpha value is -2.10. The summed E-state index contributed by atoms with van der Waals surface area (Å²) in [4.78, 5) is 11.8. The third-order valence-electron chi connectivity index (χ3n) is 3.72. The quantitative estimate of drug-likeness (QED) is 0.899. The van der Waals surface area contributed by atoms with Crippen LogP contribution in [-0.2, 0) is 11.2 Å². The van der Waals surface area contributed by atoms with Gasteiger partial charge in [0.25, 0.3) is 0 Å². The first-order chi connectivity index (χ1) is 9.63. The molecule has 1 atom stereocenters. The monoisotopic (exact) mass is 269 g/mol. The minimum atomic E-state index is 0.0398. The minimum absolute atomic E-state index is 0.0398. The number of hydrogen-bond donors (Lipinski definition) is 2. The van der Waals surface area contributed by atoms with Gasteiger partial charge in [0.2, 0.25) is 5.91 Å². The molecule has 2 aromatic rings. The topological polar surface area (TPSA) is 57.8 Å². The smallest absolute Gasteiger partial charge is 0.226 e. The summed E-state index contributed by atoms with van der Waals surface area (Å²) in [7, 11) is 0. The highest BCUT2D eigenvalue weighted by atomic mass is 16.1. The average Bonchev–Trinajstić information content (AvgIpc) is 2.86. The van der Waals surface area contributed by atoms with Crippen molar-refractivity contribution >= 4 is 11.7 Å². The summed E-state index contributed by atoms with van der Waals surface area (Å²) in [5, 5.41) is 9.69. The summed E-state index contributed by atoms with van der Waals surface area (Å²) in [5.74, 6) is 1.53. The normalized spacial score (nSPS) is 17.9. The van der Waals surface area contributed by atoms with Gasteiger partial charge in [-0.1, -0.05) is 38.1 Å². The van der Waals surface area contributed by atoms with Crippen molar-refractivity contribution < 1.29 is 4.79 Å². The molecular formula is C16H19N3O. The number of aromatic nitrogens is 2. The zero-order valence-electron chi connectivity index (χ0n) is 11.8. The van der Waals surface area contributed by atoms with Crippen LogP contribution in [0, 0.1) is 5.92 Å². The van der Waals surface area contributed by atoms with Crippen LogP contribution in [0.25, 0.3) is 0 Å². The van der Waals surface area contributed by atoms with E-state index in [4.69, 9.17) is 0 Å². The molecule has 4 heteroatoms. The van der Waals surface area contributed by atoms with Crippen LogP contribution in [0.3, 0.4) is 0 Å². The van der Waals surface area contributed by atoms with Gasteiger partial charge in [0.05, 0.1) is 6.20 Å². The number of hydrogen-bond acceptors (Lipinski definition) is 2. The van der Waals surface area contributed by atoms with Crippen LogP contribution in [-0.4, -0.2) is 16.1 Å². The SMILES string of the molecule is CC(C)Cc1ccc(C2CC(=O)Nc3[nH]ncc32)cc1. The van der Waals surface area contributed by atoms with Gasteiger partial charge in [-0.3, -0.25) is 9.89 Å². The molecule has 1 aliphatic heterocycles. The van der Waals surface area contributed by atoms with Crippen LogP contribution in [0.15, 0.2) is 30.5 Å². The fourth-order valence-electron chi connectivity index (χ4n) is 2.80. The van der Waals surface area contributed by atoms with E-state index in [0.717, 1.165) is 17.8 Å². The maximum absolute atomic E-state index is 11.8. The zero-order chi connectivity index (χ0) is 14.1. The van der Waals surface area contributed by atoms with Gasteiger partial charge in [0.15, 0.2) is 0 Å². The minimum Gasteiger partial charge on any atom is -0.311 e. The van der Waals surface area contributed by atoms with Crippen molar-refractivity contribution in [3.63, 3.8) is 0 Å². The first-order valence-corrected chi connectivity index (χ1v) is 7.05. The molecule has 0 fully saturated rings. The molecule has 1 aliphatic rings. The van der Waals surface area contributed by atoms with Crippen molar-refractivity contribution in [2.45, 2.75) is 32.6 Å². The lowest BCUT2D eigenvalue weighted by atomic mass is 9.86. The lowest BCUT2D eigenvalue weighted by Crippen LogP contribution is -2.22. The summed E-state index contributed by atoms with van der Waals surface area (Å²) in [6, 6.07) is 8.61. The molecule has 1 aromatic carbocycles. The van der Waals surface area contributed by atoms with Gasteiger partial charge in [-0.15, -0.1) is 0 Å². The molecule has 3 rings (SSSR count). The molecule has 1 unspecified atom stereocenters. The van der Waals surface area contributed by atoms with E-state index >= 15 is 0 Å². The van der Waals surface area contributed by atoms with Crippen LogP contribution in [0.2, 0.25) is 0 Å². The predicted molar refractivity (Wildman–Crippen MR) is 78.7 cm³/mol. The number of anilines is 1. The fraction of sp³-hybridized carbons (Fsp3) is 0.375. The summed E-state index contributed by atoms with van der Waals surface area (Å²) >= 11 is 0. The van der Waals surface area contributed by atoms with E-state index in [1.807, 2.05) is 6.20 Å². The standard InChI is InChI=1S/C16H19N3O/c1-10(2)7-11-3-5-12(6-4-11)13-8-15(20)18-16-14(13)9-17-19-16/h3-6,9-10,13H,7-8H2,1-2H3,(H2,17,18,19,20). The van der Waals surface area contributed by atoms with Gasteiger partial charge in [-0.25, -0.2) is 0 Å². The van der Waals surface area contributed by atoms with Crippen molar-refractivity contribution in [2.75, 3.05) is 5.32 Å². The molecule has 0 bridgehead atoms. The van der Waals surface area contributed by atoms with Crippen molar-refractivity contribution in [2.24, 2.45) is 5.92 Å². The van der Waals surface area contributed by atoms with Gasteiger partial charge >= 0.3 is 0 Å². The molecule has 0 aliphatic carbocycles. The number of nitrogens with one attached hydrogen (secondary N) is 2. The van der Waals surface area contributed by atoms with Gasteiger partial charge < -0.3 is 5.32 Å². The number of carbonyl (C=O) groups is 1. The third-order valence-corrected chi connectivity index (χ3v) is 3.72. The van der Waals surface area contributed by atoms with Crippen LogP contribution < -0.4 is 5.32 Å². The highest BCUT2D eigenvalue weighted by Crippen LogP contribution is 2.35. The second-order valence-corrected chi connectivity index (χ2v) is 5.84. The molecule has 0 saturated heterocycles. The van der Waals surface area contributed by atoms with Crippen LogP contribution in [0.4, 0.5) is 5.82 Å². The fourth-order valence-corrected chi connectivity index (χ4v) is 2.80. The third kappa shape index (κ3) is 2.46. The van der Waals surface area contributed by atoms with Gasteiger partial charge in [0.1, 0.15) is 5.82 Å². The molecule has 0 saturated carbocycles. The van der Waals surface area contributed by atoms with Crippen molar-refractivity contribution in [3.05, 3.63) is 47.2 Å². The number of amides is 1. The lowest BCUT2D eigenvalue weighted by Gasteiger charge is -2.22. The number of benzene rings is 1. The van der Waals surface area contributed by atoms with E-state index in [1.54, 1.807) is 0 Å². The van der Waals surface area contributed by atoms with Crippen molar-refractivity contribution in [1.29, 1.82) is 0 Å². The molecule has 2 heterocycles. The van der Waals surface area contributed by atoms with Crippen molar-refractivity contribution in [1.82, 2.24) is 10.2 Å². The summed E-state index contributed by atoms with van der Waals surface area (Å²) in [6.07, 6.45) is 3.37.